The Morgan fingerprint density at radius 2 is 0.582 bits per heavy atom. The molecule has 8 aromatic carbocycles. The van der Waals surface area contributed by atoms with Crippen LogP contribution in [0.4, 0.5) is 0 Å². The van der Waals surface area contributed by atoms with Crippen molar-refractivity contribution in [2.45, 2.75) is 0 Å². The van der Waals surface area contributed by atoms with E-state index in [4.69, 9.17) is 0 Å². The van der Waals surface area contributed by atoms with E-state index in [0.717, 1.165) is 11.1 Å². The van der Waals surface area contributed by atoms with Crippen LogP contribution in [0.3, 0.4) is 0 Å². The number of hydrogen-bond donors (Lipinski definition) is 0. The minimum absolute atomic E-state index is 0. The van der Waals surface area contributed by atoms with Crippen molar-refractivity contribution >= 4 is 18.5 Å². The molecule has 0 aliphatic carbocycles. The number of rotatable bonds is 4. The van der Waals surface area contributed by atoms with E-state index in [0.29, 0.717) is 0 Å². The molecule has 0 amide bonds. The summed E-state index contributed by atoms with van der Waals surface area (Å²) in [6.45, 7) is 0. The van der Waals surface area contributed by atoms with E-state index in [1.54, 1.807) is 0 Å². The van der Waals surface area contributed by atoms with Crippen LogP contribution >= 0.6 is 0 Å². The second-order valence-corrected chi connectivity index (χ2v) is 15.6. The van der Waals surface area contributed by atoms with Crippen LogP contribution in [-0.4, -0.2) is 8.07 Å². The number of hydrogen-bond acceptors (Lipinski definition) is 0. The molecule has 10 rings (SSSR count). The molecule has 2 aliphatic heterocycles. The largest absolute Gasteiger partial charge is 4.00 e. The van der Waals surface area contributed by atoms with Crippen molar-refractivity contribution in [2.75, 3.05) is 0 Å². The standard InChI is InChI=1S/C32H20Si.4C5H5.2Ti/c1-5-13-25(14-6-1)21-29-23-31(27-17-9-3-10-18-27)33(29)30(22-26-15-7-2-8-16-26)24-32(33)28-19-11-4-12-20-28;4*1-2-4-5-3-1;;/h1-20H;4*1-5H;;/q-4;4*-1;2*+4. The van der Waals surface area contributed by atoms with Gasteiger partial charge in [-0.2, -0.15) is 72.8 Å². The first-order valence-corrected chi connectivity index (χ1v) is 19.8. The zero-order valence-electron chi connectivity index (χ0n) is 30.6. The van der Waals surface area contributed by atoms with Crippen molar-refractivity contribution in [1.82, 2.24) is 0 Å². The van der Waals surface area contributed by atoms with Crippen molar-refractivity contribution in [3.63, 3.8) is 0 Å². The maximum absolute atomic E-state index is 3.72. The predicted molar refractivity (Wildman–Crippen MR) is 225 cm³/mol. The molecule has 0 radical (unpaired) electrons. The summed E-state index contributed by atoms with van der Waals surface area (Å²) in [6, 6.07) is 82.1. The zero-order valence-corrected chi connectivity index (χ0v) is 34.7. The molecule has 3 heteroatoms. The molecule has 8 aromatic rings. The average molecular weight is 789 g/mol. The van der Waals surface area contributed by atoms with Crippen molar-refractivity contribution in [2.24, 2.45) is 0 Å². The minimum Gasteiger partial charge on any atom is -0.282 e. The Morgan fingerprint density at radius 3 is 0.818 bits per heavy atom. The number of allylic oxidation sites excluding steroid dienone is 4. The van der Waals surface area contributed by atoms with Gasteiger partial charge in [-0.25, -0.2) is 83.2 Å². The van der Waals surface area contributed by atoms with E-state index in [-0.39, 0.29) is 43.4 Å². The van der Waals surface area contributed by atoms with Gasteiger partial charge in [0.25, 0.3) is 0 Å². The molecule has 0 aromatic heterocycles. The summed E-state index contributed by atoms with van der Waals surface area (Å²) in [5.41, 5.74) is 4.62. The smallest absolute Gasteiger partial charge is 0.282 e. The van der Waals surface area contributed by atoms with Crippen molar-refractivity contribution in [3.8, 4) is 0 Å². The molecule has 1 spiro atoms. The minimum atomic E-state index is -2.43. The van der Waals surface area contributed by atoms with Crippen LogP contribution in [0.15, 0.2) is 253 Å². The SMILES string of the molecule is [C-](=C1[C-]=C(c2ccccc2)[Si]12C(=[C-]c1ccccc1)[C-]=C2c1ccccc1)c1ccccc1.[Ti+4].[Ti+4].c1cc[cH-]c1.c1cc[cH-]c1.c1cc[cH-]c1.c1cc[cH-]c1. The van der Waals surface area contributed by atoms with Crippen LogP contribution in [0.2, 0.25) is 0 Å². The monoisotopic (exact) mass is 788 g/mol. The molecule has 2 heterocycles. The van der Waals surface area contributed by atoms with Crippen molar-refractivity contribution < 1.29 is 43.4 Å². The fourth-order valence-electron chi connectivity index (χ4n) is 5.90. The van der Waals surface area contributed by atoms with E-state index in [2.05, 4.69) is 133 Å². The average Bonchev–Trinajstić information content (AvgIpc) is 4.07. The molecule has 0 nitrogen and oxygen atoms in total. The summed E-state index contributed by atoms with van der Waals surface area (Å²) in [5.74, 6) is 0. The van der Waals surface area contributed by atoms with Gasteiger partial charge in [0.1, 0.15) is 0 Å². The topological polar surface area (TPSA) is 0 Å². The second kappa shape index (κ2) is 23.6. The van der Waals surface area contributed by atoms with E-state index in [1.807, 2.05) is 133 Å². The summed E-state index contributed by atoms with van der Waals surface area (Å²) >= 11 is 0. The van der Waals surface area contributed by atoms with Crippen LogP contribution in [-0.2, 0) is 43.4 Å². The zero-order chi connectivity index (χ0) is 36.2. The Morgan fingerprint density at radius 1 is 0.327 bits per heavy atom. The molecule has 260 valence electrons. The third-order valence-electron chi connectivity index (χ3n) is 8.43. The van der Waals surface area contributed by atoms with E-state index in [9.17, 15) is 0 Å². The molecule has 2 aliphatic rings. The molecule has 0 saturated heterocycles. The van der Waals surface area contributed by atoms with Gasteiger partial charge in [-0.1, -0.05) is 72.8 Å². The molecule has 0 bridgehead atoms. The van der Waals surface area contributed by atoms with Crippen LogP contribution < -0.4 is 0 Å². The Bertz CT molecular complexity index is 1940. The predicted octanol–water partition coefficient (Wildman–Crippen LogP) is 12.6. The summed E-state index contributed by atoms with van der Waals surface area (Å²) in [4.78, 5) is 0. The third kappa shape index (κ3) is 11.9. The molecule has 0 saturated carbocycles. The quantitative estimate of drug-likeness (QED) is 0.123. The second-order valence-electron chi connectivity index (χ2n) is 12.1. The van der Waals surface area contributed by atoms with Gasteiger partial charge in [0.15, 0.2) is 0 Å². The van der Waals surface area contributed by atoms with Crippen molar-refractivity contribution in [3.05, 3.63) is 300 Å². The van der Waals surface area contributed by atoms with Gasteiger partial charge >= 0.3 is 43.4 Å². The fraction of sp³-hybridized carbons (Fsp3) is 0. The van der Waals surface area contributed by atoms with E-state index in [1.165, 1.54) is 31.9 Å². The van der Waals surface area contributed by atoms with Crippen LogP contribution in [0.1, 0.15) is 22.3 Å². The Balaban J connectivity index is 0.000000247. The van der Waals surface area contributed by atoms with Gasteiger partial charge in [0, 0.05) is 0 Å². The van der Waals surface area contributed by atoms with Gasteiger partial charge in [-0.15, -0.1) is 34.7 Å². The molecule has 0 unspecified atom stereocenters. The summed E-state index contributed by atoms with van der Waals surface area (Å²) in [7, 11) is -2.43. The van der Waals surface area contributed by atoms with E-state index < -0.39 is 8.07 Å². The first kappa shape index (κ1) is 42.6. The van der Waals surface area contributed by atoms with Crippen LogP contribution in [0.5, 0.6) is 0 Å². The van der Waals surface area contributed by atoms with Crippen LogP contribution in [0.25, 0.3) is 10.4 Å². The molecule has 0 fully saturated rings. The summed E-state index contributed by atoms with van der Waals surface area (Å²) in [5, 5.41) is 4.92. The van der Waals surface area contributed by atoms with Gasteiger partial charge < -0.3 is 0 Å². The fourth-order valence-corrected chi connectivity index (χ4v) is 10.1. The summed E-state index contributed by atoms with van der Waals surface area (Å²) < 4.78 is 0. The van der Waals surface area contributed by atoms with Gasteiger partial charge in [0.2, 0.25) is 0 Å². The maximum atomic E-state index is 3.72. The maximum Gasteiger partial charge on any atom is 4.00 e. The van der Waals surface area contributed by atoms with Gasteiger partial charge in [-0.05, 0) is 11.1 Å². The van der Waals surface area contributed by atoms with Crippen LogP contribution in [0, 0.1) is 24.3 Å². The number of benzene rings is 4. The first-order valence-electron chi connectivity index (χ1n) is 17.8. The molecule has 0 atom stereocenters. The van der Waals surface area contributed by atoms with Gasteiger partial charge in [0.05, 0.1) is 8.07 Å². The Labute approximate surface area is 358 Å². The Kier molecular flexibility index (Phi) is 18.3. The first-order chi connectivity index (χ1) is 26.4. The molecule has 55 heavy (non-hydrogen) atoms. The molecular weight excluding hydrogens is 748 g/mol. The van der Waals surface area contributed by atoms with Gasteiger partial charge in [-0.3, -0.25) is 35.4 Å². The van der Waals surface area contributed by atoms with Crippen molar-refractivity contribution in [1.29, 1.82) is 0 Å². The molecular formula is C52H40SiTi2. The normalized spacial score (nSPS) is 15.7. The third-order valence-corrected chi connectivity index (χ3v) is 12.8. The van der Waals surface area contributed by atoms with E-state index >= 15 is 0 Å². The molecule has 0 N–H and O–H groups in total. The Hall–Kier alpha value is -5.11. The summed E-state index contributed by atoms with van der Waals surface area (Å²) in [6.07, 6.45) is 14.9.